The van der Waals surface area contributed by atoms with Gasteiger partial charge in [0.05, 0.1) is 11.9 Å². The normalized spacial score (nSPS) is 14.3. The molecule has 38 heavy (non-hydrogen) atoms. The van der Waals surface area contributed by atoms with Crippen LogP contribution in [0.3, 0.4) is 0 Å². The molecule has 2 heterocycles. The van der Waals surface area contributed by atoms with Gasteiger partial charge in [0.15, 0.2) is 0 Å². The Kier molecular flexibility index (Phi) is 7.33. The molecule has 0 aliphatic heterocycles. The van der Waals surface area contributed by atoms with Crippen LogP contribution in [0.2, 0.25) is 0 Å². The maximum atomic E-state index is 13.0. The quantitative estimate of drug-likeness (QED) is 0.294. The summed E-state index contributed by atoms with van der Waals surface area (Å²) in [6.45, 7) is 3.98. The molecule has 1 saturated carbocycles. The number of ether oxygens (including phenoxy) is 1. The number of hydrogen-bond donors (Lipinski definition) is 2. The van der Waals surface area contributed by atoms with Crippen LogP contribution in [0.1, 0.15) is 43.2 Å². The zero-order chi connectivity index (χ0) is 26.7. The van der Waals surface area contributed by atoms with Crippen molar-refractivity contribution in [1.29, 1.82) is 0 Å². The third-order valence-corrected chi connectivity index (χ3v) is 7.99. The van der Waals surface area contributed by atoms with Gasteiger partial charge in [0.25, 0.3) is 10.0 Å². The minimum atomic E-state index is -3.94. The maximum Gasteiger partial charge on any atom is 0.267 e. The predicted octanol–water partition coefficient (Wildman–Crippen LogP) is 5.83. The van der Waals surface area contributed by atoms with Crippen LogP contribution in [0, 0.1) is 13.8 Å². The minimum absolute atomic E-state index is 0.0181. The van der Waals surface area contributed by atoms with Gasteiger partial charge >= 0.3 is 0 Å². The van der Waals surface area contributed by atoms with Crippen LogP contribution >= 0.6 is 0 Å². The smallest absolute Gasteiger partial charge is 0.267 e. The largest absolute Gasteiger partial charge is 0.439 e. The van der Waals surface area contributed by atoms with Gasteiger partial charge in [0.2, 0.25) is 11.8 Å². The average molecular weight is 533 g/mol. The topological polar surface area (TPSA) is 111 Å². The summed E-state index contributed by atoms with van der Waals surface area (Å²) in [5, 5.41) is 7.56. The molecule has 2 aromatic carbocycles. The average Bonchev–Trinajstić information content (AvgIpc) is 3.33. The van der Waals surface area contributed by atoms with E-state index in [0.29, 0.717) is 17.5 Å². The summed E-state index contributed by atoms with van der Waals surface area (Å²) in [6, 6.07) is 15.9. The van der Waals surface area contributed by atoms with Crippen LogP contribution in [0.25, 0.3) is 11.3 Å². The summed E-state index contributed by atoms with van der Waals surface area (Å²) in [6.07, 6.45) is 8.92. The molecule has 4 aromatic rings. The summed E-state index contributed by atoms with van der Waals surface area (Å²) in [5.41, 5.74) is 4.52. The van der Waals surface area contributed by atoms with Gasteiger partial charge in [-0.25, -0.2) is 18.1 Å². The Labute approximate surface area is 223 Å². The van der Waals surface area contributed by atoms with E-state index in [1.807, 2.05) is 56.3 Å². The van der Waals surface area contributed by atoms with Crippen molar-refractivity contribution in [1.82, 2.24) is 19.7 Å². The fourth-order valence-corrected chi connectivity index (χ4v) is 5.74. The van der Waals surface area contributed by atoms with Crippen LogP contribution < -0.4 is 14.8 Å². The van der Waals surface area contributed by atoms with E-state index in [-0.39, 0.29) is 16.7 Å². The lowest BCUT2D eigenvalue weighted by Gasteiger charge is -2.23. The monoisotopic (exact) mass is 532 g/mol. The Bertz CT molecular complexity index is 1510. The van der Waals surface area contributed by atoms with E-state index < -0.39 is 10.0 Å². The summed E-state index contributed by atoms with van der Waals surface area (Å²) in [7, 11) is -2.29. The maximum absolute atomic E-state index is 13.0. The van der Waals surface area contributed by atoms with Gasteiger partial charge < -0.3 is 10.1 Å². The minimum Gasteiger partial charge on any atom is -0.439 e. The van der Waals surface area contributed by atoms with E-state index in [1.54, 1.807) is 13.1 Å². The van der Waals surface area contributed by atoms with Gasteiger partial charge in [-0.1, -0.05) is 37.5 Å². The molecule has 5 rings (SSSR count). The van der Waals surface area contributed by atoms with Crippen molar-refractivity contribution in [3.8, 4) is 22.9 Å². The Balaban J connectivity index is 1.44. The molecule has 2 N–H and O–H groups in total. The molecule has 1 fully saturated rings. The number of aromatic nitrogens is 4. The van der Waals surface area contributed by atoms with E-state index in [1.165, 1.54) is 49.2 Å². The van der Waals surface area contributed by atoms with Gasteiger partial charge in [0.1, 0.15) is 10.6 Å². The standard InChI is InChI=1S/C28H32N6O3S/c1-19-8-7-9-20(2)27(19)25-16-26(32-28(31-25)33-38(35,36)24-17-29-34(3)18-24)37-23-14-12-22(13-15-23)30-21-10-5-4-6-11-21/h7-9,12-18,21,30H,4-6,10-11H2,1-3H3,(H,31,32,33). The highest BCUT2D eigenvalue weighted by molar-refractivity contribution is 7.92. The molecule has 0 atom stereocenters. The highest BCUT2D eigenvalue weighted by Gasteiger charge is 2.20. The molecule has 0 radical (unpaired) electrons. The fraction of sp³-hybridized carbons (Fsp3) is 0.321. The van der Waals surface area contributed by atoms with Crippen molar-refractivity contribution in [3.05, 3.63) is 72.1 Å². The Morgan fingerprint density at radius 2 is 1.68 bits per heavy atom. The van der Waals surface area contributed by atoms with Crippen molar-refractivity contribution in [3.63, 3.8) is 0 Å². The van der Waals surface area contributed by atoms with E-state index >= 15 is 0 Å². The van der Waals surface area contributed by atoms with E-state index in [0.717, 1.165) is 22.4 Å². The summed E-state index contributed by atoms with van der Waals surface area (Å²) in [5.74, 6) is 0.737. The lowest BCUT2D eigenvalue weighted by molar-refractivity contribution is 0.460. The molecule has 2 aromatic heterocycles. The van der Waals surface area contributed by atoms with Crippen molar-refractivity contribution in [2.75, 3.05) is 10.0 Å². The second kappa shape index (κ2) is 10.8. The first kappa shape index (κ1) is 25.7. The zero-order valence-corrected chi connectivity index (χ0v) is 22.6. The van der Waals surface area contributed by atoms with E-state index in [9.17, 15) is 8.42 Å². The van der Waals surface area contributed by atoms with Crippen LogP contribution in [0.4, 0.5) is 11.6 Å². The molecule has 1 aliphatic carbocycles. The summed E-state index contributed by atoms with van der Waals surface area (Å²) < 4.78 is 36.0. The Morgan fingerprint density at radius 1 is 0.974 bits per heavy atom. The molecule has 0 saturated heterocycles. The van der Waals surface area contributed by atoms with Gasteiger partial charge in [0, 0.05) is 36.6 Å². The van der Waals surface area contributed by atoms with Crippen molar-refractivity contribution in [2.24, 2.45) is 7.05 Å². The van der Waals surface area contributed by atoms with E-state index in [4.69, 9.17) is 4.74 Å². The highest BCUT2D eigenvalue weighted by atomic mass is 32.2. The molecule has 9 nitrogen and oxygen atoms in total. The van der Waals surface area contributed by atoms with Crippen LogP contribution in [-0.2, 0) is 17.1 Å². The second-order valence-electron chi connectivity index (χ2n) is 9.74. The van der Waals surface area contributed by atoms with Gasteiger partial charge in [-0.15, -0.1) is 0 Å². The predicted molar refractivity (Wildman–Crippen MR) is 148 cm³/mol. The molecule has 198 valence electrons. The third kappa shape index (κ3) is 5.96. The number of hydrogen-bond acceptors (Lipinski definition) is 7. The molecular weight excluding hydrogens is 500 g/mol. The fourth-order valence-electron chi connectivity index (χ4n) is 4.81. The first-order valence-electron chi connectivity index (χ1n) is 12.8. The van der Waals surface area contributed by atoms with Crippen LogP contribution in [0.5, 0.6) is 11.6 Å². The van der Waals surface area contributed by atoms with Crippen LogP contribution in [0.15, 0.2) is 65.8 Å². The van der Waals surface area contributed by atoms with Crippen molar-refractivity contribution >= 4 is 21.7 Å². The van der Waals surface area contributed by atoms with E-state index in [2.05, 4.69) is 25.1 Å². The zero-order valence-electron chi connectivity index (χ0n) is 21.8. The second-order valence-corrected chi connectivity index (χ2v) is 11.4. The van der Waals surface area contributed by atoms with Crippen molar-refractivity contribution in [2.45, 2.75) is 56.9 Å². The van der Waals surface area contributed by atoms with Gasteiger partial charge in [-0.2, -0.15) is 10.1 Å². The number of benzene rings is 2. The lowest BCUT2D eigenvalue weighted by Crippen LogP contribution is -2.22. The Hall–Kier alpha value is -3.92. The molecule has 0 bridgehead atoms. The Morgan fingerprint density at radius 3 is 2.34 bits per heavy atom. The SMILES string of the molecule is Cc1cccc(C)c1-c1cc(Oc2ccc(NC3CCCCC3)cc2)nc(NS(=O)(=O)c2cnn(C)c2)n1. The number of sulfonamides is 1. The number of nitrogens with zero attached hydrogens (tertiary/aromatic N) is 4. The molecule has 10 heteroatoms. The van der Waals surface area contributed by atoms with Gasteiger partial charge in [-0.05, 0) is 62.1 Å². The lowest BCUT2D eigenvalue weighted by atomic mass is 9.95. The first-order valence-corrected chi connectivity index (χ1v) is 14.3. The van der Waals surface area contributed by atoms with Crippen molar-refractivity contribution < 1.29 is 13.2 Å². The highest BCUT2D eigenvalue weighted by Crippen LogP contribution is 2.31. The summed E-state index contributed by atoms with van der Waals surface area (Å²) in [4.78, 5) is 8.94. The number of rotatable bonds is 8. The van der Waals surface area contributed by atoms with Gasteiger partial charge in [-0.3, -0.25) is 4.68 Å². The third-order valence-electron chi connectivity index (χ3n) is 6.71. The van der Waals surface area contributed by atoms with Crippen LogP contribution in [-0.4, -0.2) is 34.2 Å². The number of nitrogens with one attached hydrogen (secondary N) is 2. The molecule has 0 unspecified atom stereocenters. The number of anilines is 2. The molecule has 0 amide bonds. The first-order chi connectivity index (χ1) is 18.3. The molecule has 0 spiro atoms. The summed E-state index contributed by atoms with van der Waals surface area (Å²) >= 11 is 0. The molecular formula is C28H32N6O3S. The number of aryl methyl sites for hydroxylation is 3. The molecule has 1 aliphatic rings.